The number of esters is 3. The molecule has 0 aromatic heterocycles. The average Bonchev–Trinajstić information content (AvgIpc) is 2.33. The molecule has 0 aromatic rings. The molecule has 0 spiro atoms. The van der Waals surface area contributed by atoms with Crippen LogP contribution in [0.15, 0.2) is 24.3 Å². The van der Waals surface area contributed by atoms with Crippen LogP contribution in [0.4, 0.5) is 0 Å². The average molecular weight is 268 g/mol. The molecule has 0 aliphatic carbocycles. The molecule has 106 valence electrons. The maximum atomic E-state index is 11.2. The van der Waals surface area contributed by atoms with E-state index in [1.54, 1.807) is 13.8 Å². The second-order valence-electron chi connectivity index (χ2n) is 4.02. The highest BCUT2D eigenvalue weighted by atomic mass is 16.6. The molecule has 0 amide bonds. The van der Waals surface area contributed by atoms with Gasteiger partial charge < -0.3 is 9.47 Å². The van der Waals surface area contributed by atoms with Crippen molar-refractivity contribution >= 4 is 17.9 Å². The van der Waals surface area contributed by atoms with Gasteiger partial charge in [-0.15, -0.1) is 0 Å². The minimum absolute atomic E-state index is 0.178. The van der Waals surface area contributed by atoms with E-state index in [1.165, 1.54) is 12.2 Å². The van der Waals surface area contributed by atoms with Gasteiger partial charge >= 0.3 is 17.9 Å². The van der Waals surface area contributed by atoms with Crippen molar-refractivity contribution in [1.29, 1.82) is 0 Å². The van der Waals surface area contributed by atoms with Crippen LogP contribution in [-0.2, 0) is 23.9 Å². The standard InChI is InChI=1S/C14H20O5/c1-4-8-12(15)19-13(16)9-6-5-7-10-18-14(17)11(2)3/h4,8H,2,5-7,9-10H2,1,3H3. The van der Waals surface area contributed by atoms with E-state index in [-0.39, 0.29) is 6.42 Å². The number of unbranched alkanes of at least 4 members (excludes halogenated alkanes) is 2. The van der Waals surface area contributed by atoms with Crippen LogP contribution in [0.2, 0.25) is 0 Å². The zero-order valence-corrected chi connectivity index (χ0v) is 11.4. The number of rotatable bonds is 8. The van der Waals surface area contributed by atoms with Crippen LogP contribution in [0.1, 0.15) is 39.5 Å². The van der Waals surface area contributed by atoms with Crippen LogP contribution in [0.5, 0.6) is 0 Å². The second-order valence-corrected chi connectivity index (χ2v) is 4.02. The minimum atomic E-state index is -0.650. The van der Waals surface area contributed by atoms with E-state index in [2.05, 4.69) is 11.3 Å². The van der Waals surface area contributed by atoms with E-state index in [9.17, 15) is 14.4 Å². The topological polar surface area (TPSA) is 69.7 Å². The highest BCUT2D eigenvalue weighted by Gasteiger charge is 2.07. The predicted octanol–water partition coefficient (Wildman–Crippen LogP) is 2.31. The maximum absolute atomic E-state index is 11.2. The summed E-state index contributed by atoms with van der Waals surface area (Å²) in [6.07, 6.45) is 4.84. The fraction of sp³-hybridized carbons (Fsp3) is 0.500. The lowest BCUT2D eigenvalue weighted by Gasteiger charge is -2.04. The van der Waals surface area contributed by atoms with Crippen molar-refractivity contribution in [3.8, 4) is 0 Å². The smallest absolute Gasteiger partial charge is 0.338 e. The molecule has 5 nitrogen and oxygen atoms in total. The van der Waals surface area contributed by atoms with Gasteiger partial charge in [0.15, 0.2) is 0 Å². The van der Waals surface area contributed by atoms with Gasteiger partial charge in [0.05, 0.1) is 6.61 Å². The molecule has 19 heavy (non-hydrogen) atoms. The zero-order valence-electron chi connectivity index (χ0n) is 11.4. The molecule has 0 radical (unpaired) electrons. The van der Waals surface area contributed by atoms with E-state index in [0.29, 0.717) is 25.0 Å². The summed E-state index contributed by atoms with van der Waals surface area (Å²) in [7, 11) is 0. The second kappa shape index (κ2) is 10.1. The normalized spacial score (nSPS) is 10.2. The number of hydrogen-bond acceptors (Lipinski definition) is 5. The Morgan fingerprint density at radius 3 is 2.42 bits per heavy atom. The fourth-order valence-corrected chi connectivity index (χ4v) is 1.17. The summed E-state index contributed by atoms with van der Waals surface area (Å²) in [4.78, 5) is 33.1. The molecule has 0 saturated carbocycles. The van der Waals surface area contributed by atoms with Crippen molar-refractivity contribution in [1.82, 2.24) is 0 Å². The van der Waals surface area contributed by atoms with Crippen LogP contribution >= 0.6 is 0 Å². The largest absolute Gasteiger partial charge is 0.462 e. The minimum Gasteiger partial charge on any atom is -0.462 e. The Hall–Kier alpha value is -1.91. The number of carbonyl (C=O) groups excluding carboxylic acids is 3. The summed E-state index contributed by atoms with van der Waals surface area (Å²) in [6.45, 7) is 7.01. The molecular formula is C14H20O5. The van der Waals surface area contributed by atoms with Gasteiger partial charge in [-0.2, -0.15) is 0 Å². The summed E-state index contributed by atoms with van der Waals surface area (Å²) < 4.78 is 9.39. The molecule has 0 bridgehead atoms. The molecule has 0 fully saturated rings. The van der Waals surface area contributed by atoms with E-state index < -0.39 is 17.9 Å². The lowest BCUT2D eigenvalue weighted by atomic mass is 10.2. The van der Waals surface area contributed by atoms with Crippen molar-refractivity contribution in [2.45, 2.75) is 39.5 Å². The lowest BCUT2D eigenvalue weighted by Crippen LogP contribution is -2.10. The van der Waals surface area contributed by atoms with E-state index in [0.717, 1.165) is 6.42 Å². The lowest BCUT2D eigenvalue weighted by molar-refractivity contribution is -0.156. The molecule has 5 heteroatoms. The van der Waals surface area contributed by atoms with Crippen LogP contribution in [0.3, 0.4) is 0 Å². The van der Waals surface area contributed by atoms with Crippen LogP contribution < -0.4 is 0 Å². The van der Waals surface area contributed by atoms with Crippen LogP contribution in [-0.4, -0.2) is 24.5 Å². The Morgan fingerprint density at radius 1 is 1.16 bits per heavy atom. The van der Waals surface area contributed by atoms with Crippen molar-refractivity contribution < 1.29 is 23.9 Å². The molecule has 0 heterocycles. The SMILES string of the molecule is C=C(C)C(=O)OCCCCCC(=O)OC(=O)C=CC. The Kier molecular flexibility index (Phi) is 9.04. The zero-order chi connectivity index (χ0) is 14.7. The highest BCUT2D eigenvalue weighted by molar-refractivity contribution is 5.91. The maximum Gasteiger partial charge on any atom is 0.338 e. The Morgan fingerprint density at radius 2 is 1.84 bits per heavy atom. The molecule has 0 N–H and O–H groups in total. The number of ether oxygens (including phenoxy) is 2. The monoisotopic (exact) mass is 268 g/mol. The van der Waals surface area contributed by atoms with Gasteiger partial charge in [-0.25, -0.2) is 9.59 Å². The first-order valence-electron chi connectivity index (χ1n) is 6.17. The first-order valence-corrected chi connectivity index (χ1v) is 6.17. The first kappa shape index (κ1) is 17.1. The Labute approximate surface area is 113 Å². The molecular weight excluding hydrogens is 248 g/mol. The number of hydrogen-bond donors (Lipinski definition) is 0. The van der Waals surface area contributed by atoms with Gasteiger partial charge in [0.2, 0.25) is 0 Å². The molecule has 0 aromatic carbocycles. The third-order valence-electron chi connectivity index (χ3n) is 2.12. The fourth-order valence-electron chi connectivity index (χ4n) is 1.17. The molecule has 0 saturated heterocycles. The Bertz CT molecular complexity index is 368. The summed E-state index contributed by atoms with van der Waals surface area (Å²) in [5.41, 5.74) is 0.367. The van der Waals surface area contributed by atoms with Gasteiger partial charge in [-0.3, -0.25) is 4.79 Å². The van der Waals surface area contributed by atoms with E-state index >= 15 is 0 Å². The molecule has 0 unspecified atom stereocenters. The number of allylic oxidation sites excluding steroid dienone is 1. The summed E-state index contributed by atoms with van der Waals surface area (Å²) in [6, 6.07) is 0. The quantitative estimate of drug-likeness (QED) is 0.292. The van der Waals surface area contributed by atoms with Crippen molar-refractivity contribution in [3.63, 3.8) is 0 Å². The van der Waals surface area contributed by atoms with Gasteiger partial charge in [0.25, 0.3) is 0 Å². The molecule has 0 rings (SSSR count). The number of carbonyl (C=O) groups is 3. The van der Waals surface area contributed by atoms with Gasteiger partial charge in [0.1, 0.15) is 0 Å². The summed E-state index contributed by atoms with van der Waals surface area (Å²) in [5.74, 6) is -1.60. The van der Waals surface area contributed by atoms with Crippen molar-refractivity contribution in [3.05, 3.63) is 24.3 Å². The molecule has 0 aliphatic rings. The summed E-state index contributed by atoms with van der Waals surface area (Å²) in [5, 5.41) is 0. The van der Waals surface area contributed by atoms with Crippen LogP contribution in [0.25, 0.3) is 0 Å². The third-order valence-corrected chi connectivity index (χ3v) is 2.12. The van der Waals surface area contributed by atoms with Gasteiger partial charge in [0, 0.05) is 18.1 Å². The highest BCUT2D eigenvalue weighted by Crippen LogP contribution is 2.03. The van der Waals surface area contributed by atoms with Gasteiger partial charge in [-0.05, 0) is 33.1 Å². The molecule has 0 aliphatic heterocycles. The van der Waals surface area contributed by atoms with Crippen molar-refractivity contribution in [2.75, 3.05) is 6.61 Å². The third kappa shape index (κ3) is 9.76. The van der Waals surface area contributed by atoms with Crippen molar-refractivity contribution in [2.24, 2.45) is 0 Å². The Balaban J connectivity index is 3.54. The van der Waals surface area contributed by atoms with E-state index in [4.69, 9.17) is 4.74 Å². The van der Waals surface area contributed by atoms with E-state index in [1.807, 2.05) is 0 Å². The summed E-state index contributed by atoms with van der Waals surface area (Å²) >= 11 is 0. The first-order chi connectivity index (χ1) is 8.97. The van der Waals surface area contributed by atoms with Crippen LogP contribution in [0, 0.1) is 0 Å². The van der Waals surface area contributed by atoms with Gasteiger partial charge in [-0.1, -0.05) is 12.7 Å². The molecule has 0 atom stereocenters. The predicted molar refractivity (Wildman–Crippen MR) is 70.2 cm³/mol.